The normalized spacial score (nSPS) is 12.2. The predicted octanol–water partition coefficient (Wildman–Crippen LogP) is 1.32. The van der Waals surface area contributed by atoms with E-state index in [0.717, 1.165) is 12.8 Å². The van der Waals surface area contributed by atoms with Gasteiger partial charge in [-0.15, -0.1) is 0 Å². The van der Waals surface area contributed by atoms with E-state index in [0.29, 0.717) is 13.2 Å². The Bertz CT molecular complexity index is 221. The van der Waals surface area contributed by atoms with Crippen molar-refractivity contribution in [2.45, 2.75) is 26.7 Å². The maximum Gasteiger partial charge on any atom is 0.237 e. The van der Waals surface area contributed by atoms with E-state index in [-0.39, 0.29) is 11.8 Å². The van der Waals surface area contributed by atoms with Gasteiger partial charge in [-0.1, -0.05) is 13.8 Å². The fourth-order valence-electron chi connectivity index (χ4n) is 1.20. The van der Waals surface area contributed by atoms with Crippen molar-refractivity contribution in [1.82, 2.24) is 5.32 Å². The van der Waals surface area contributed by atoms with Gasteiger partial charge < -0.3 is 10.1 Å². The summed E-state index contributed by atoms with van der Waals surface area (Å²) in [6, 6.07) is 2.02. The van der Waals surface area contributed by atoms with E-state index >= 15 is 0 Å². The van der Waals surface area contributed by atoms with Crippen LogP contribution in [0.5, 0.6) is 0 Å². The van der Waals surface area contributed by atoms with Crippen molar-refractivity contribution >= 4 is 5.91 Å². The fourth-order valence-corrected chi connectivity index (χ4v) is 1.20. The van der Waals surface area contributed by atoms with Gasteiger partial charge in [0.25, 0.3) is 0 Å². The van der Waals surface area contributed by atoms with Crippen LogP contribution >= 0.6 is 0 Å². The molecule has 0 aromatic carbocycles. The van der Waals surface area contributed by atoms with Crippen molar-refractivity contribution in [2.75, 3.05) is 20.3 Å². The van der Waals surface area contributed by atoms with Crippen LogP contribution in [-0.2, 0) is 9.53 Å². The van der Waals surface area contributed by atoms with E-state index < -0.39 is 5.92 Å². The molecule has 0 aliphatic rings. The lowest BCUT2D eigenvalue weighted by Gasteiger charge is -2.12. The molecule has 1 atom stereocenters. The van der Waals surface area contributed by atoms with E-state index in [1.807, 2.05) is 19.9 Å². The highest BCUT2D eigenvalue weighted by Crippen LogP contribution is 2.09. The highest BCUT2D eigenvalue weighted by atomic mass is 16.5. The molecule has 0 aliphatic heterocycles. The zero-order valence-corrected chi connectivity index (χ0v) is 9.75. The van der Waals surface area contributed by atoms with Crippen molar-refractivity contribution in [3.63, 3.8) is 0 Å². The summed E-state index contributed by atoms with van der Waals surface area (Å²) in [6.45, 7) is 5.08. The van der Waals surface area contributed by atoms with Crippen LogP contribution in [-0.4, -0.2) is 26.2 Å². The molecule has 0 aromatic rings. The van der Waals surface area contributed by atoms with Gasteiger partial charge >= 0.3 is 0 Å². The summed E-state index contributed by atoms with van der Waals surface area (Å²) in [5.41, 5.74) is 0. The van der Waals surface area contributed by atoms with Crippen molar-refractivity contribution in [3.8, 4) is 6.07 Å². The van der Waals surface area contributed by atoms with Gasteiger partial charge in [-0.05, 0) is 18.8 Å². The predicted molar refractivity (Wildman–Crippen MR) is 58.1 cm³/mol. The topological polar surface area (TPSA) is 62.1 Å². The van der Waals surface area contributed by atoms with Crippen molar-refractivity contribution < 1.29 is 9.53 Å². The lowest BCUT2D eigenvalue weighted by molar-refractivity contribution is -0.124. The summed E-state index contributed by atoms with van der Waals surface area (Å²) in [7, 11) is 1.66. The number of nitrogens with one attached hydrogen (secondary N) is 1. The molecule has 0 saturated heterocycles. The number of methoxy groups -OCH3 is 1. The highest BCUT2D eigenvalue weighted by molar-refractivity contribution is 5.81. The minimum Gasteiger partial charge on any atom is -0.385 e. The van der Waals surface area contributed by atoms with Gasteiger partial charge in [0, 0.05) is 20.3 Å². The Morgan fingerprint density at radius 2 is 2.13 bits per heavy atom. The van der Waals surface area contributed by atoms with E-state index in [9.17, 15) is 4.79 Å². The number of nitrogens with zero attached hydrogens (tertiary/aromatic N) is 1. The molecule has 0 radical (unpaired) electrons. The second-order valence-corrected chi connectivity index (χ2v) is 3.84. The van der Waals surface area contributed by atoms with Gasteiger partial charge in [0.05, 0.1) is 6.07 Å². The third-order valence-electron chi connectivity index (χ3n) is 2.16. The average Bonchev–Trinajstić information content (AvgIpc) is 2.18. The fraction of sp³-hybridized carbons (Fsp3) is 0.818. The van der Waals surface area contributed by atoms with Crippen LogP contribution < -0.4 is 5.32 Å². The molecule has 0 rings (SSSR count). The number of rotatable bonds is 7. The average molecular weight is 212 g/mol. The molecular weight excluding hydrogens is 192 g/mol. The van der Waals surface area contributed by atoms with Crippen molar-refractivity contribution in [2.24, 2.45) is 11.8 Å². The Morgan fingerprint density at radius 1 is 1.47 bits per heavy atom. The van der Waals surface area contributed by atoms with Crippen LogP contribution in [0.1, 0.15) is 26.7 Å². The van der Waals surface area contributed by atoms with Gasteiger partial charge in [0.15, 0.2) is 0 Å². The molecule has 0 saturated carbocycles. The second kappa shape index (κ2) is 8.25. The minimum absolute atomic E-state index is 0.0639. The van der Waals surface area contributed by atoms with Crippen LogP contribution in [0.3, 0.4) is 0 Å². The lowest BCUT2D eigenvalue weighted by Crippen LogP contribution is -2.33. The molecule has 1 amide bonds. The first-order valence-corrected chi connectivity index (χ1v) is 5.29. The van der Waals surface area contributed by atoms with Crippen LogP contribution in [0.4, 0.5) is 0 Å². The Balaban J connectivity index is 3.69. The zero-order chi connectivity index (χ0) is 11.7. The number of unbranched alkanes of at least 4 members (excludes halogenated alkanes) is 1. The van der Waals surface area contributed by atoms with Gasteiger partial charge in [-0.2, -0.15) is 5.26 Å². The molecule has 0 spiro atoms. The summed E-state index contributed by atoms with van der Waals surface area (Å²) in [5.74, 6) is -0.633. The van der Waals surface area contributed by atoms with E-state index in [2.05, 4.69) is 5.32 Å². The first kappa shape index (κ1) is 13.9. The summed E-state index contributed by atoms with van der Waals surface area (Å²) < 4.78 is 4.89. The maximum absolute atomic E-state index is 11.5. The molecule has 1 N–H and O–H groups in total. The number of hydrogen-bond donors (Lipinski definition) is 1. The Labute approximate surface area is 91.6 Å². The molecule has 0 fully saturated rings. The van der Waals surface area contributed by atoms with Gasteiger partial charge in [0.1, 0.15) is 5.92 Å². The molecule has 86 valence electrons. The number of amides is 1. The van der Waals surface area contributed by atoms with Crippen LogP contribution in [0.25, 0.3) is 0 Å². The monoisotopic (exact) mass is 212 g/mol. The molecule has 0 heterocycles. The standard InChI is InChI=1S/C11H20N2O2/c1-9(2)10(8-12)11(14)13-6-4-5-7-15-3/h9-10H,4-7H2,1-3H3,(H,13,14). The number of carbonyl (C=O) groups is 1. The lowest BCUT2D eigenvalue weighted by atomic mass is 9.97. The van der Waals surface area contributed by atoms with Crippen molar-refractivity contribution in [1.29, 1.82) is 5.26 Å². The maximum atomic E-state index is 11.5. The number of hydrogen-bond acceptors (Lipinski definition) is 3. The smallest absolute Gasteiger partial charge is 0.237 e. The largest absolute Gasteiger partial charge is 0.385 e. The molecule has 1 unspecified atom stereocenters. The number of carbonyl (C=O) groups excluding carboxylic acids is 1. The molecule has 0 bridgehead atoms. The molecular formula is C11H20N2O2. The highest BCUT2D eigenvalue weighted by Gasteiger charge is 2.20. The van der Waals surface area contributed by atoms with Crippen LogP contribution in [0.2, 0.25) is 0 Å². The summed E-state index contributed by atoms with van der Waals surface area (Å²) in [6.07, 6.45) is 1.81. The Morgan fingerprint density at radius 3 is 2.60 bits per heavy atom. The summed E-state index contributed by atoms with van der Waals surface area (Å²) >= 11 is 0. The first-order chi connectivity index (χ1) is 7.13. The van der Waals surface area contributed by atoms with Gasteiger partial charge in [-0.3, -0.25) is 4.79 Å². The van der Waals surface area contributed by atoms with E-state index in [4.69, 9.17) is 10.00 Å². The van der Waals surface area contributed by atoms with Crippen molar-refractivity contribution in [3.05, 3.63) is 0 Å². The first-order valence-electron chi connectivity index (χ1n) is 5.29. The van der Waals surface area contributed by atoms with Crippen LogP contribution in [0.15, 0.2) is 0 Å². The van der Waals surface area contributed by atoms with Gasteiger partial charge in [-0.25, -0.2) is 0 Å². The summed E-state index contributed by atoms with van der Waals surface area (Å²) in [4.78, 5) is 11.5. The molecule has 4 heteroatoms. The van der Waals surface area contributed by atoms with E-state index in [1.54, 1.807) is 7.11 Å². The third kappa shape index (κ3) is 6.08. The number of ether oxygens (including phenoxy) is 1. The molecule has 15 heavy (non-hydrogen) atoms. The third-order valence-corrected chi connectivity index (χ3v) is 2.16. The molecule has 0 aliphatic carbocycles. The van der Waals surface area contributed by atoms with E-state index in [1.165, 1.54) is 0 Å². The molecule has 0 aromatic heterocycles. The minimum atomic E-state index is -0.535. The Hall–Kier alpha value is -1.08. The van der Waals surface area contributed by atoms with Gasteiger partial charge in [0.2, 0.25) is 5.91 Å². The Kier molecular flexibility index (Phi) is 7.65. The SMILES string of the molecule is COCCCCNC(=O)C(C#N)C(C)C. The second-order valence-electron chi connectivity index (χ2n) is 3.84. The van der Waals surface area contributed by atoms with Crippen LogP contribution in [0, 0.1) is 23.2 Å². The summed E-state index contributed by atoms with van der Waals surface area (Å²) in [5, 5.41) is 11.5. The quantitative estimate of drug-likeness (QED) is 0.647. The molecule has 4 nitrogen and oxygen atoms in total. The number of nitriles is 1. The zero-order valence-electron chi connectivity index (χ0n) is 9.75.